The first-order chi connectivity index (χ1) is 8.83. The van der Waals surface area contributed by atoms with Gasteiger partial charge in [-0.2, -0.15) is 13.2 Å². The first kappa shape index (κ1) is 16.5. The van der Waals surface area contributed by atoms with E-state index in [4.69, 9.17) is 4.74 Å². The molecule has 1 N–H and O–H groups in total. The van der Waals surface area contributed by atoms with E-state index < -0.39 is 12.8 Å². The highest BCUT2D eigenvalue weighted by Crippen LogP contribution is 2.27. The van der Waals surface area contributed by atoms with Crippen LogP contribution in [0.5, 0.6) is 0 Å². The van der Waals surface area contributed by atoms with Crippen LogP contribution in [0.15, 0.2) is 6.07 Å². The van der Waals surface area contributed by atoms with E-state index in [1.54, 1.807) is 11.3 Å². The lowest BCUT2D eigenvalue weighted by atomic mass is 10.1. The zero-order valence-electron chi connectivity index (χ0n) is 11.4. The molecule has 0 saturated carbocycles. The molecule has 0 saturated heterocycles. The number of halogens is 3. The van der Waals surface area contributed by atoms with Crippen LogP contribution in [0.1, 0.15) is 34.7 Å². The van der Waals surface area contributed by atoms with E-state index in [1.807, 2.05) is 26.8 Å². The third-order valence-electron chi connectivity index (χ3n) is 2.65. The molecule has 1 aromatic rings. The molecule has 0 aliphatic rings. The molecule has 1 atom stereocenters. The van der Waals surface area contributed by atoms with Crippen LogP contribution in [0.2, 0.25) is 0 Å². The fourth-order valence-electron chi connectivity index (χ4n) is 1.87. The third kappa shape index (κ3) is 5.93. The van der Waals surface area contributed by atoms with Gasteiger partial charge in [-0.3, -0.25) is 0 Å². The fourth-order valence-corrected chi connectivity index (χ4v) is 2.85. The van der Waals surface area contributed by atoms with Crippen molar-refractivity contribution in [2.24, 2.45) is 0 Å². The minimum absolute atomic E-state index is 0.0382. The highest BCUT2D eigenvalue weighted by atomic mass is 32.1. The summed E-state index contributed by atoms with van der Waals surface area (Å²) in [6.07, 6.45) is -3.34. The molecule has 1 heterocycles. The average molecular weight is 295 g/mol. The van der Waals surface area contributed by atoms with Gasteiger partial charge in [-0.05, 0) is 38.4 Å². The molecule has 0 amide bonds. The van der Waals surface area contributed by atoms with Gasteiger partial charge in [-0.15, -0.1) is 11.3 Å². The predicted molar refractivity (Wildman–Crippen MR) is 71.7 cm³/mol. The summed E-state index contributed by atoms with van der Waals surface area (Å²) in [5, 5.41) is 3.24. The molecular weight excluding hydrogens is 275 g/mol. The Morgan fingerprint density at radius 1 is 1.37 bits per heavy atom. The Morgan fingerprint density at radius 3 is 2.53 bits per heavy atom. The van der Waals surface area contributed by atoms with Gasteiger partial charge in [-0.1, -0.05) is 6.92 Å². The molecule has 19 heavy (non-hydrogen) atoms. The Hall–Kier alpha value is -0.590. The number of thiophene rings is 1. The van der Waals surface area contributed by atoms with Crippen molar-refractivity contribution >= 4 is 11.3 Å². The molecule has 1 rings (SSSR count). The van der Waals surface area contributed by atoms with Crippen molar-refractivity contribution in [3.63, 3.8) is 0 Å². The fraction of sp³-hybridized carbons (Fsp3) is 0.692. The first-order valence-electron chi connectivity index (χ1n) is 6.28. The molecule has 6 heteroatoms. The molecule has 0 radical (unpaired) electrons. The summed E-state index contributed by atoms with van der Waals surface area (Å²) >= 11 is 1.65. The number of alkyl halides is 3. The topological polar surface area (TPSA) is 21.3 Å². The number of nitrogens with one attached hydrogen (secondary N) is 1. The highest BCUT2D eigenvalue weighted by Gasteiger charge is 2.28. The molecule has 2 nitrogen and oxygen atoms in total. The van der Waals surface area contributed by atoms with Crippen molar-refractivity contribution < 1.29 is 17.9 Å². The van der Waals surface area contributed by atoms with Crippen molar-refractivity contribution in [1.82, 2.24) is 5.32 Å². The van der Waals surface area contributed by atoms with Crippen molar-refractivity contribution in [3.8, 4) is 0 Å². The van der Waals surface area contributed by atoms with Crippen LogP contribution in [0.4, 0.5) is 13.2 Å². The Kier molecular flexibility index (Phi) is 6.29. The van der Waals surface area contributed by atoms with Crippen LogP contribution < -0.4 is 5.32 Å². The maximum Gasteiger partial charge on any atom is 0.411 e. The predicted octanol–water partition coefficient (Wildman–Crippen LogP) is 3.98. The van der Waals surface area contributed by atoms with Gasteiger partial charge in [0.25, 0.3) is 0 Å². The summed E-state index contributed by atoms with van der Waals surface area (Å²) in [5.74, 6) is 0. The van der Waals surface area contributed by atoms with Gasteiger partial charge in [0.2, 0.25) is 0 Å². The minimum atomic E-state index is -4.27. The van der Waals surface area contributed by atoms with E-state index in [0.29, 0.717) is 0 Å². The summed E-state index contributed by atoms with van der Waals surface area (Å²) in [6.45, 7) is 5.60. The van der Waals surface area contributed by atoms with E-state index in [-0.39, 0.29) is 12.6 Å². The first-order valence-corrected chi connectivity index (χ1v) is 7.10. The van der Waals surface area contributed by atoms with Gasteiger partial charge in [0.15, 0.2) is 0 Å². The summed E-state index contributed by atoms with van der Waals surface area (Å²) in [4.78, 5) is 2.29. The molecule has 0 aromatic carbocycles. The molecule has 1 aromatic heterocycles. The summed E-state index contributed by atoms with van der Waals surface area (Å²) in [5.41, 5.74) is 1.04. The molecule has 0 bridgehead atoms. The van der Waals surface area contributed by atoms with Crippen molar-refractivity contribution in [2.45, 2.75) is 39.4 Å². The summed E-state index contributed by atoms with van der Waals surface area (Å²) < 4.78 is 41.1. The van der Waals surface area contributed by atoms with Crippen LogP contribution in [0.3, 0.4) is 0 Å². The number of hydrogen-bond acceptors (Lipinski definition) is 3. The van der Waals surface area contributed by atoms with Gasteiger partial charge in [0.1, 0.15) is 6.61 Å². The van der Waals surface area contributed by atoms with Gasteiger partial charge in [0.05, 0.1) is 12.6 Å². The number of ether oxygens (including phenoxy) is 1. The van der Waals surface area contributed by atoms with Crippen LogP contribution >= 0.6 is 11.3 Å². The van der Waals surface area contributed by atoms with Crippen molar-refractivity contribution in [3.05, 3.63) is 21.4 Å². The zero-order chi connectivity index (χ0) is 14.5. The maximum atomic E-state index is 12.1. The second-order valence-corrected chi connectivity index (χ2v) is 5.97. The quantitative estimate of drug-likeness (QED) is 0.821. The molecular formula is C13H20F3NOS. The Bertz CT molecular complexity index is 390. The van der Waals surface area contributed by atoms with Crippen molar-refractivity contribution in [2.75, 3.05) is 19.8 Å². The summed E-state index contributed by atoms with van der Waals surface area (Å²) in [7, 11) is 0. The van der Waals surface area contributed by atoms with E-state index in [9.17, 15) is 13.2 Å². The molecule has 1 unspecified atom stereocenters. The standard InChI is InChI=1S/C13H20F3NOS/c1-4-5-17-12(7-18-8-13(14,15)16)11-6-9(2)19-10(11)3/h6,12,17H,4-5,7-8H2,1-3H3. The van der Waals surface area contributed by atoms with Crippen molar-refractivity contribution in [1.29, 1.82) is 0 Å². The maximum absolute atomic E-state index is 12.1. The number of rotatable bonds is 7. The van der Waals surface area contributed by atoms with Crippen LogP contribution in [-0.4, -0.2) is 25.9 Å². The second kappa shape index (κ2) is 7.26. The molecule has 0 spiro atoms. The lowest BCUT2D eigenvalue weighted by molar-refractivity contribution is -0.175. The Labute approximate surface area is 116 Å². The lowest BCUT2D eigenvalue weighted by Crippen LogP contribution is -2.28. The molecule has 0 aliphatic heterocycles. The lowest BCUT2D eigenvalue weighted by Gasteiger charge is -2.19. The van der Waals surface area contributed by atoms with E-state index >= 15 is 0 Å². The van der Waals surface area contributed by atoms with Gasteiger partial charge in [0, 0.05) is 9.75 Å². The number of aryl methyl sites for hydroxylation is 2. The Balaban J connectivity index is 2.64. The minimum Gasteiger partial charge on any atom is -0.370 e. The van der Waals surface area contributed by atoms with Crippen LogP contribution in [-0.2, 0) is 4.74 Å². The van der Waals surface area contributed by atoms with Crippen LogP contribution in [0, 0.1) is 13.8 Å². The second-order valence-electron chi connectivity index (χ2n) is 4.51. The Morgan fingerprint density at radius 2 is 2.05 bits per heavy atom. The average Bonchev–Trinajstić information content (AvgIpc) is 2.61. The highest BCUT2D eigenvalue weighted by molar-refractivity contribution is 7.12. The smallest absolute Gasteiger partial charge is 0.370 e. The third-order valence-corrected chi connectivity index (χ3v) is 3.63. The normalized spacial score (nSPS) is 13.8. The monoisotopic (exact) mass is 295 g/mol. The van der Waals surface area contributed by atoms with Gasteiger partial charge >= 0.3 is 6.18 Å². The summed E-state index contributed by atoms with van der Waals surface area (Å²) in [6, 6.07) is 1.84. The van der Waals surface area contributed by atoms with Crippen LogP contribution in [0.25, 0.3) is 0 Å². The molecule has 110 valence electrons. The zero-order valence-corrected chi connectivity index (χ0v) is 12.3. The van der Waals surface area contributed by atoms with E-state index in [2.05, 4.69) is 5.32 Å². The van der Waals surface area contributed by atoms with Gasteiger partial charge in [-0.25, -0.2) is 0 Å². The largest absolute Gasteiger partial charge is 0.411 e. The number of hydrogen-bond donors (Lipinski definition) is 1. The van der Waals surface area contributed by atoms with Gasteiger partial charge < -0.3 is 10.1 Å². The SMILES string of the molecule is CCCNC(COCC(F)(F)F)c1cc(C)sc1C. The molecule has 0 aliphatic carbocycles. The molecule has 0 fully saturated rings. The van der Waals surface area contributed by atoms with E-state index in [1.165, 1.54) is 0 Å². The van der Waals surface area contributed by atoms with E-state index in [0.717, 1.165) is 28.3 Å².